The first-order valence-corrected chi connectivity index (χ1v) is 7.43. The second-order valence-corrected chi connectivity index (χ2v) is 5.87. The summed E-state index contributed by atoms with van der Waals surface area (Å²) >= 11 is 0. The molecule has 102 valence electrons. The number of fused-ring (bicyclic) bond motifs is 1. The number of benzene rings is 1. The summed E-state index contributed by atoms with van der Waals surface area (Å²) in [4.78, 5) is 0. The fourth-order valence-corrected chi connectivity index (χ4v) is 3.41. The highest BCUT2D eigenvalue weighted by Crippen LogP contribution is 2.32. The molecular formula is C16H23N3. The van der Waals surface area contributed by atoms with Crippen molar-refractivity contribution in [3.05, 3.63) is 30.0 Å². The Morgan fingerprint density at radius 3 is 2.79 bits per heavy atom. The average molecular weight is 257 g/mol. The largest absolute Gasteiger partial charge is 0.323 e. The first-order valence-electron chi connectivity index (χ1n) is 7.43. The molecule has 2 N–H and O–H groups in total. The zero-order chi connectivity index (χ0) is 13.2. The maximum absolute atomic E-state index is 6.43. The molecule has 3 rings (SSSR count). The van der Waals surface area contributed by atoms with Gasteiger partial charge in [0.2, 0.25) is 0 Å². The zero-order valence-electron chi connectivity index (χ0n) is 11.7. The molecule has 0 radical (unpaired) electrons. The minimum Gasteiger partial charge on any atom is -0.323 e. The molecule has 0 amide bonds. The summed E-state index contributed by atoms with van der Waals surface area (Å²) in [5.74, 6) is 0.796. The fourth-order valence-electron chi connectivity index (χ4n) is 3.41. The Balaban J connectivity index is 1.82. The van der Waals surface area contributed by atoms with E-state index in [-0.39, 0.29) is 6.04 Å². The quantitative estimate of drug-likeness (QED) is 0.914. The van der Waals surface area contributed by atoms with Crippen LogP contribution in [0.3, 0.4) is 0 Å². The first kappa shape index (κ1) is 12.7. The fraction of sp³-hybridized carbons (Fsp3) is 0.562. The molecule has 3 heteroatoms. The monoisotopic (exact) mass is 257 g/mol. The van der Waals surface area contributed by atoms with Gasteiger partial charge in [-0.1, -0.05) is 50.3 Å². The van der Waals surface area contributed by atoms with E-state index in [4.69, 9.17) is 5.73 Å². The predicted octanol–water partition coefficient (Wildman–Crippen LogP) is 3.54. The Kier molecular flexibility index (Phi) is 3.56. The molecule has 1 saturated carbocycles. The van der Waals surface area contributed by atoms with Crippen LogP contribution in [0.5, 0.6) is 0 Å². The van der Waals surface area contributed by atoms with Crippen LogP contribution in [-0.2, 0) is 7.05 Å². The molecule has 1 aliphatic carbocycles. The molecule has 1 aromatic heterocycles. The highest BCUT2D eigenvalue weighted by molar-refractivity contribution is 5.82. The molecular weight excluding hydrogens is 234 g/mol. The topological polar surface area (TPSA) is 43.8 Å². The Bertz CT molecular complexity index is 552. The van der Waals surface area contributed by atoms with E-state index < -0.39 is 0 Å². The number of aromatic nitrogens is 2. The van der Waals surface area contributed by atoms with E-state index in [2.05, 4.69) is 29.4 Å². The van der Waals surface area contributed by atoms with Crippen LogP contribution in [0.15, 0.2) is 24.3 Å². The molecule has 1 fully saturated rings. The lowest BCUT2D eigenvalue weighted by Crippen LogP contribution is -2.18. The van der Waals surface area contributed by atoms with Crippen molar-refractivity contribution >= 4 is 10.9 Å². The number of hydrogen-bond donors (Lipinski definition) is 1. The standard InChI is InChI=1S/C16H23N3/c1-19-15-10-6-5-9-13(15)16(18-19)14(17)11-12-7-3-2-4-8-12/h5-6,9-10,12,14H,2-4,7-8,11,17H2,1H3. The van der Waals surface area contributed by atoms with E-state index in [9.17, 15) is 0 Å². The number of rotatable bonds is 3. The molecule has 1 aromatic carbocycles. The van der Waals surface area contributed by atoms with Gasteiger partial charge in [0.15, 0.2) is 0 Å². The number of aryl methyl sites for hydroxylation is 1. The minimum absolute atomic E-state index is 0.0780. The Labute approximate surface area is 114 Å². The Morgan fingerprint density at radius 2 is 2.00 bits per heavy atom. The number of hydrogen-bond acceptors (Lipinski definition) is 2. The van der Waals surface area contributed by atoms with Gasteiger partial charge in [-0.3, -0.25) is 4.68 Å². The van der Waals surface area contributed by atoms with E-state index in [0.717, 1.165) is 18.0 Å². The molecule has 1 aliphatic rings. The van der Waals surface area contributed by atoms with Crippen LogP contribution in [0.4, 0.5) is 0 Å². The number of nitrogens with two attached hydrogens (primary N) is 1. The van der Waals surface area contributed by atoms with E-state index in [1.165, 1.54) is 43.0 Å². The number of para-hydroxylation sites is 1. The van der Waals surface area contributed by atoms with Gasteiger partial charge in [-0.05, 0) is 18.4 Å². The summed E-state index contributed by atoms with van der Waals surface area (Å²) in [5, 5.41) is 5.86. The summed E-state index contributed by atoms with van der Waals surface area (Å²) in [6.07, 6.45) is 7.93. The third-order valence-electron chi connectivity index (χ3n) is 4.45. The van der Waals surface area contributed by atoms with Crippen LogP contribution in [0.1, 0.15) is 50.3 Å². The van der Waals surface area contributed by atoms with E-state index in [1.807, 2.05) is 11.7 Å². The van der Waals surface area contributed by atoms with Crippen LogP contribution >= 0.6 is 0 Å². The highest BCUT2D eigenvalue weighted by Gasteiger charge is 2.21. The van der Waals surface area contributed by atoms with Gasteiger partial charge in [-0.2, -0.15) is 5.10 Å². The lowest BCUT2D eigenvalue weighted by Gasteiger charge is -2.23. The normalized spacial score (nSPS) is 18.8. The van der Waals surface area contributed by atoms with Crippen LogP contribution < -0.4 is 5.73 Å². The van der Waals surface area contributed by atoms with Crippen LogP contribution in [0.2, 0.25) is 0 Å². The SMILES string of the molecule is Cn1nc(C(N)CC2CCCCC2)c2ccccc21. The van der Waals surface area contributed by atoms with Crippen molar-refractivity contribution in [1.29, 1.82) is 0 Å². The van der Waals surface area contributed by atoms with Gasteiger partial charge >= 0.3 is 0 Å². The second kappa shape index (κ2) is 5.33. The summed E-state index contributed by atoms with van der Waals surface area (Å²) < 4.78 is 1.95. The van der Waals surface area contributed by atoms with Gasteiger partial charge in [0.05, 0.1) is 11.2 Å². The molecule has 0 spiro atoms. The summed E-state index contributed by atoms with van der Waals surface area (Å²) in [6, 6.07) is 8.45. The molecule has 0 bridgehead atoms. The van der Waals surface area contributed by atoms with Crippen molar-refractivity contribution in [3.63, 3.8) is 0 Å². The van der Waals surface area contributed by atoms with E-state index in [1.54, 1.807) is 0 Å². The maximum atomic E-state index is 6.43. The molecule has 0 aliphatic heterocycles. The summed E-state index contributed by atoms with van der Waals surface area (Å²) in [6.45, 7) is 0. The number of nitrogens with zero attached hydrogens (tertiary/aromatic N) is 2. The van der Waals surface area contributed by atoms with Gasteiger partial charge in [0.25, 0.3) is 0 Å². The van der Waals surface area contributed by atoms with Gasteiger partial charge in [0.1, 0.15) is 0 Å². The zero-order valence-corrected chi connectivity index (χ0v) is 11.7. The molecule has 19 heavy (non-hydrogen) atoms. The highest BCUT2D eigenvalue weighted by atomic mass is 15.3. The van der Waals surface area contributed by atoms with Gasteiger partial charge < -0.3 is 5.73 Å². The third-order valence-corrected chi connectivity index (χ3v) is 4.45. The van der Waals surface area contributed by atoms with Crippen molar-refractivity contribution in [2.75, 3.05) is 0 Å². The smallest absolute Gasteiger partial charge is 0.0870 e. The molecule has 1 heterocycles. The van der Waals surface area contributed by atoms with Crippen molar-refractivity contribution in [1.82, 2.24) is 9.78 Å². The summed E-state index contributed by atoms with van der Waals surface area (Å²) in [5.41, 5.74) is 8.68. The lowest BCUT2D eigenvalue weighted by atomic mass is 9.84. The van der Waals surface area contributed by atoms with Gasteiger partial charge in [-0.25, -0.2) is 0 Å². The van der Waals surface area contributed by atoms with Crippen LogP contribution in [0.25, 0.3) is 10.9 Å². The molecule has 3 nitrogen and oxygen atoms in total. The molecule has 2 aromatic rings. The second-order valence-electron chi connectivity index (χ2n) is 5.87. The van der Waals surface area contributed by atoms with Gasteiger partial charge in [-0.15, -0.1) is 0 Å². The van der Waals surface area contributed by atoms with Crippen LogP contribution in [-0.4, -0.2) is 9.78 Å². The van der Waals surface area contributed by atoms with Crippen molar-refractivity contribution in [3.8, 4) is 0 Å². The Morgan fingerprint density at radius 1 is 1.26 bits per heavy atom. The first-order chi connectivity index (χ1) is 9.25. The van der Waals surface area contributed by atoms with E-state index in [0.29, 0.717) is 0 Å². The lowest BCUT2D eigenvalue weighted by molar-refractivity contribution is 0.317. The maximum Gasteiger partial charge on any atom is 0.0870 e. The van der Waals surface area contributed by atoms with Gasteiger partial charge in [0, 0.05) is 18.5 Å². The molecule has 1 atom stereocenters. The van der Waals surface area contributed by atoms with Crippen LogP contribution in [0, 0.1) is 5.92 Å². The van der Waals surface area contributed by atoms with Crippen molar-refractivity contribution in [2.45, 2.75) is 44.6 Å². The molecule has 1 unspecified atom stereocenters. The minimum atomic E-state index is 0.0780. The third kappa shape index (κ3) is 2.52. The van der Waals surface area contributed by atoms with Crippen molar-refractivity contribution < 1.29 is 0 Å². The van der Waals surface area contributed by atoms with E-state index >= 15 is 0 Å². The molecule has 0 saturated heterocycles. The summed E-state index contributed by atoms with van der Waals surface area (Å²) in [7, 11) is 2.00. The predicted molar refractivity (Wildman–Crippen MR) is 78.8 cm³/mol. The Hall–Kier alpha value is -1.35. The average Bonchev–Trinajstić information content (AvgIpc) is 2.78. The van der Waals surface area contributed by atoms with Crippen molar-refractivity contribution in [2.24, 2.45) is 18.7 Å².